The van der Waals surface area contributed by atoms with E-state index < -0.39 is 5.41 Å². The van der Waals surface area contributed by atoms with Crippen molar-refractivity contribution in [1.82, 2.24) is 15.7 Å². The molecule has 0 unspecified atom stereocenters. The van der Waals surface area contributed by atoms with Gasteiger partial charge in [0.2, 0.25) is 11.8 Å². The predicted molar refractivity (Wildman–Crippen MR) is 133 cm³/mol. The summed E-state index contributed by atoms with van der Waals surface area (Å²) < 4.78 is 0.908. The molecule has 9 heteroatoms. The highest BCUT2D eigenvalue weighted by atomic mass is 79.9. The molecule has 0 saturated carbocycles. The summed E-state index contributed by atoms with van der Waals surface area (Å²) >= 11 is 3.50. The first-order valence-corrected chi connectivity index (χ1v) is 12.2. The number of nitrogens with two attached hydrogens (primary N) is 1. The van der Waals surface area contributed by atoms with E-state index in [0.717, 1.165) is 22.0 Å². The van der Waals surface area contributed by atoms with Crippen LogP contribution < -0.4 is 16.5 Å². The Balaban J connectivity index is 1.65. The molecule has 1 heterocycles. The van der Waals surface area contributed by atoms with Crippen molar-refractivity contribution in [1.29, 1.82) is 0 Å². The Morgan fingerprint density at radius 1 is 1.09 bits per heavy atom. The molecule has 2 aromatic carbocycles. The molecule has 0 aromatic heterocycles. The molecule has 0 spiro atoms. The monoisotopic (exact) mass is 530 g/mol. The lowest BCUT2D eigenvalue weighted by molar-refractivity contribution is -0.145. The number of nitrogens with one attached hydrogen (secondary N) is 2. The SMILES string of the molecule is CCc1ccc(C(=O)NOCC2(C(=O)NCc3ccccc3Br)CCN(C(=O)CN)CC2)cc1. The van der Waals surface area contributed by atoms with E-state index in [-0.39, 0.29) is 30.9 Å². The standard InChI is InChI=1S/C25H31BrN4O4/c1-2-18-7-9-19(10-8-18)23(32)29-34-17-25(11-13-30(14-12-25)22(31)15-27)24(33)28-16-20-5-3-4-6-21(20)26/h3-10H,2,11-17,27H2,1H3,(H,28,33)(H,29,32). The van der Waals surface area contributed by atoms with Crippen LogP contribution in [0.1, 0.15) is 41.3 Å². The van der Waals surface area contributed by atoms with Gasteiger partial charge in [-0.3, -0.25) is 19.2 Å². The first-order chi connectivity index (χ1) is 16.4. The third kappa shape index (κ3) is 6.43. The first-order valence-electron chi connectivity index (χ1n) is 11.4. The molecular formula is C25H31BrN4O4. The van der Waals surface area contributed by atoms with Crippen molar-refractivity contribution in [3.63, 3.8) is 0 Å². The third-order valence-corrected chi connectivity index (χ3v) is 7.04. The zero-order valence-electron chi connectivity index (χ0n) is 19.3. The highest BCUT2D eigenvalue weighted by molar-refractivity contribution is 9.10. The minimum absolute atomic E-state index is 0.00175. The van der Waals surface area contributed by atoms with E-state index in [1.807, 2.05) is 43.3 Å². The zero-order valence-corrected chi connectivity index (χ0v) is 20.9. The molecule has 1 saturated heterocycles. The molecule has 0 atom stereocenters. The Hall–Kier alpha value is -2.75. The highest BCUT2D eigenvalue weighted by Crippen LogP contribution is 2.32. The zero-order chi connectivity index (χ0) is 24.6. The summed E-state index contributed by atoms with van der Waals surface area (Å²) in [7, 11) is 0. The largest absolute Gasteiger partial charge is 0.351 e. The number of hydroxylamine groups is 1. The quantitative estimate of drug-likeness (QED) is 0.431. The number of rotatable bonds is 9. The Bertz CT molecular complexity index is 1000. The molecule has 2 aromatic rings. The molecule has 3 amide bonds. The predicted octanol–water partition coefficient (Wildman–Crippen LogP) is 2.56. The van der Waals surface area contributed by atoms with Crippen LogP contribution in [0, 0.1) is 5.41 Å². The van der Waals surface area contributed by atoms with Crippen LogP contribution in [0.5, 0.6) is 0 Å². The second-order valence-corrected chi connectivity index (χ2v) is 9.26. The fourth-order valence-corrected chi connectivity index (χ4v) is 4.37. The van der Waals surface area contributed by atoms with Crippen molar-refractivity contribution in [3.8, 4) is 0 Å². The van der Waals surface area contributed by atoms with Crippen molar-refractivity contribution in [2.75, 3.05) is 26.2 Å². The van der Waals surface area contributed by atoms with Crippen LogP contribution in [0.4, 0.5) is 0 Å². The van der Waals surface area contributed by atoms with Gasteiger partial charge < -0.3 is 16.0 Å². The summed E-state index contributed by atoms with van der Waals surface area (Å²) in [5.41, 5.74) is 9.64. The van der Waals surface area contributed by atoms with E-state index in [9.17, 15) is 14.4 Å². The van der Waals surface area contributed by atoms with Crippen molar-refractivity contribution in [3.05, 3.63) is 69.7 Å². The topological polar surface area (TPSA) is 114 Å². The number of hydrogen-bond donors (Lipinski definition) is 3. The molecule has 1 fully saturated rings. The van der Waals surface area contributed by atoms with Gasteiger partial charge in [0.05, 0.1) is 18.6 Å². The molecule has 34 heavy (non-hydrogen) atoms. The molecule has 1 aliphatic heterocycles. The van der Waals surface area contributed by atoms with Crippen LogP contribution in [-0.2, 0) is 27.4 Å². The van der Waals surface area contributed by atoms with E-state index in [4.69, 9.17) is 10.6 Å². The Labute approximate surface area is 208 Å². The van der Waals surface area contributed by atoms with Gasteiger partial charge in [-0.25, -0.2) is 5.48 Å². The molecule has 8 nitrogen and oxygen atoms in total. The van der Waals surface area contributed by atoms with Crippen LogP contribution in [0.25, 0.3) is 0 Å². The molecule has 0 aliphatic carbocycles. The Morgan fingerprint density at radius 3 is 2.38 bits per heavy atom. The number of benzene rings is 2. The lowest BCUT2D eigenvalue weighted by atomic mass is 9.78. The summed E-state index contributed by atoms with van der Waals surface area (Å²) in [5, 5.41) is 3.00. The number of halogens is 1. The van der Waals surface area contributed by atoms with Gasteiger partial charge in [-0.2, -0.15) is 0 Å². The van der Waals surface area contributed by atoms with Gasteiger partial charge in [0.25, 0.3) is 5.91 Å². The van der Waals surface area contributed by atoms with E-state index in [2.05, 4.69) is 26.7 Å². The number of carbonyl (C=O) groups is 3. The van der Waals surface area contributed by atoms with Crippen LogP contribution in [0.15, 0.2) is 53.0 Å². The number of nitrogens with zero attached hydrogens (tertiary/aromatic N) is 1. The van der Waals surface area contributed by atoms with Crippen molar-refractivity contribution in [2.45, 2.75) is 32.7 Å². The molecule has 1 aliphatic rings. The molecule has 182 valence electrons. The van der Waals surface area contributed by atoms with E-state index in [1.165, 1.54) is 0 Å². The number of carbonyl (C=O) groups excluding carboxylic acids is 3. The third-order valence-electron chi connectivity index (χ3n) is 6.26. The lowest BCUT2D eigenvalue weighted by Gasteiger charge is -2.40. The van der Waals surface area contributed by atoms with E-state index >= 15 is 0 Å². The molecule has 4 N–H and O–H groups in total. The summed E-state index contributed by atoms with van der Waals surface area (Å²) in [6.45, 7) is 3.13. The van der Waals surface area contributed by atoms with Crippen molar-refractivity contribution >= 4 is 33.7 Å². The fourth-order valence-electron chi connectivity index (χ4n) is 3.95. The Morgan fingerprint density at radius 2 is 1.76 bits per heavy atom. The van der Waals surface area contributed by atoms with Crippen LogP contribution in [0.3, 0.4) is 0 Å². The summed E-state index contributed by atoms with van der Waals surface area (Å²) in [6.07, 6.45) is 1.70. The number of amides is 3. The second kappa shape index (κ2) is 12.1. The molecular weight excluding hydrogens is 500 g/mol. The second-order valence-electron chi connectivity index (χ2n) is 8.41. The average molecular weight is 531 g/mol. The Kier molecular flexibility index (Phi) is 9.20. The maximum Gasteiger partial charge on any atom is 0.274 e. The first kappa shape index (κ1) is 25.9. The molecule has 0 radical (unpaired) electrons. The number of likely N-dealkylation sites (tertiary alicyclic amines) is 1. The van der Waals surface area contributed by atoms with Gasteiger partial charge in [0, 0.05) is 29.7 Å². The van der Waals surface area contributed by atoms with Gasteiger partial charge in [0.1, 0.15) is 0 Å². The van der Waals surface area contributed by atoms with E-state index in [1.54, 1.807) is 17.0 Å². The van der Waals surface area contributed by atoms with Gasteiger partial charge in [-0.15, -0.1) is 0 Å². The van der Waals surface area contributed by atoms with Gasteiger partial charge >= 0.3 is 0 Å². The van der Waals surface area contributed by atoms with E-state index in [0.29, 0.717) is 38.0 Å². The van der Waals surface area contributed by atoms with Gasteiger partial charge in [-0.05, 0) is 48.6 Å². The molecule has 3 rings (SSSR count). The van der Waals surface area contributed by atoms with Crippen molar-refractivity contribution < 1.29 is 19.2 Å². The van der Waals surface area contributed by atoms with Gasteiger partial charge in [-0.1, -0.05) is 53.2 Å². The summed E-state index contributed by atoms with van der Waals surface area (Å²) in [6, 6.07) is 15.0. The number of hydrogen-bond acceptors (Lipinski definition) is 5. The maximum atomic E-state index is 13.3. The number of aryl methyl sites for hydroxylation is 1. The highest BCUT2D eigenvalue weighted by Gasteiger charge is 2.42. The average Bonchev–Trinajstić information content (AvgIpc) is 2.87. The smallest absolute Gasteiger partial charge is 0.274 e. The lowest BCUT2D eigenvalue weighted by Crippen LogP contribution is -2.53. The van der Waals surface area contributed by atoms with Crippen LogP contribution in [-0.4, -0.2) is 48.9 Å². The van der Waals surface area contributed by atoms with Crippen molar-refractivity contribution in [2.24, 2.45) is 11.1 Å². The minimum Gasteiger partial charge on any atom is -0.351 e. The van der Waals surface area contributed by atoms with Gasteiger partial charge in [0.15, 0.2) is 0 Å². The normalized spacial score (nSPS) is 15.0. The molecule has 0 bridgehead atoms. The van der Waals surface area contributed by atoms with Crippen LogP contribution >= 0.6 is 15.9 Å². The summed E-state index contributed by atoms with van der Waals surface area (Å²) in [4.78, 5) is 45.0. The van der Waals surface area contributed by atoms with Crippen LogP contribution in [0.2, 0.25) is 0 Å². The minimum atomic E-state index is -0.883. The summed E-state index contributed by atoms with van der Waals surface area (Å²) in [5.74, 6) is -0.696. The number of piperidine rings is 1. The fraction of sp³-hybridized carbons (Fsp3) is 0.400. The maximum absolute atomic E-state index is 13.3.